The Morgan fingerprint density at radius 3 is 3.22 bits per heavy atom. The summed E-state index contributed by atoms with van der Waals surface area (Å²) in [5, 5.41) is 5.72. The van der Waals surface area contributed by atoms with E-state index in [1.807, 2.05) is 0 Å². The Kier molecular flexibility index (Phi) is 1.91. The van der Waals surface area contributed by atoms with E-state index in [4.69, 9.17) is 5.73 Å². The largest absolute Gasteiger partial charge is 0.353 e. The van der Waals surface area contributed by atoms with Crippen LogP contribution in [0.1, 0.15) is 0 Å². The standard InChI is InChI=1S/C3H6N4OS/c4-1-9-7-2-5-6-3(7)8/h2H,1,4H2,(H,6,8). The first-order valence-electron chi connectivity index (χ1n) is 2.30. The van der Waals surface area contributed by atoms with Crippen LogP contribution in [0.15, 0.2) is 11.1 Å². The van der Waals surface area contributed by atoms with Crippen LogP contribution in [0.2, 0.25) is 0 Å². The Morgan fingerprint density at radius 2 is 2.78 bits per heavy atom. The lowest BCUT2D eigenvalue weighted by Gasteiger charge is -1.89. The molecule has 0 aromatic carbocycles. The molecule has 3 N–H and O–H groups in total. The number of nitrogens with zero attached hydrogens (tertiary/aromatic N) is 2. The molecule has 1 rings (SSSR count). The van der Waals surface area contributed by atoms with Gasteiger partial charge >= 0.3 is 5.69 Å². The quantitative estimate of drug-likeness (QED) is 0.524. The number of aromatic amines is 1. The Bertz CT molecular complexity index is 228. The maximum atomic E-state index is 10.6. The van der Waals surface area contributed by atoms with Crippen molar-refractivity contribution >= 4 is 11.9 Å². The van der Waals surface area contributed by atoms with Gasteiger partial charge in [0.2, 0.25) is 0 Å². The Morgan fingerprint density at radius 1 is 2.00 bits per heavy atom. The average Bonchev–Trinajstić information content (AvgIpc) is 2.18. The number of hydrogen-bond donors (Lipinski definition) is 2. The summed E-state index contributed by atoms with van der Waals surface area (Å²) in [6.07, 6.45) is 1.39. The third-order valence-corrected chi connectivity index (χ3v) is 1.42. The molecular weight excluding hydrogens is 140 g/mol. The molecule has 9 heavy (non-hydrogen) atoms. The first kappa shape index (κ1) is 6.37. The third kappa shape index (κ3) is 1.33. The zero-order valence-corrected chi connectivity index (χ0v) is 5.39. The zero-order chi connectivity index (χ0) is 6.69. The molecule has 0 aliphatic carbocycles. The highest BCUT2D eigenvalue weighted by Crippen LogP contribution is 1.93. The van der Waals surface area contributed by atoms with Crippen LogP contribution in [-0.4, -0.2) is 20.0 Å². The van der Waals surface area contributed by atoms with Gasteiger partial charge in [0, 0.05) is 0 Å². The van der Waals surface area contributed by atoms with Gasteiger partial charge in [-0.25, -0.2) is 13.9 Å². The normalized spacial score (nSPS) is 9.89. The van der Waals surface area contributed by atoms with E-state index >= 15 is 0 Å². The van der Waals surface area contributed by atoms with Crippen LogP contribution in [0.3, 0.4) is 0 Å². The molecule has 5 nitrogen and oxygen atoms in total. The molecular formula is C3H6N4OS. The molecule has 0 spiro atoms. The highest BCUT2D eigenvalue weighted by atomic mass is 32.2. The lowest BCUT2D eigenvalue weighted by atomic mass is 11.3. The van der Waals surface area contributed by atoms with Crippen molar-refractivity contribution in [2.24, 2.45) is 5.73 Å². The second-order valence-corrected chi connectivity index (χ2v) is 2.27. The molecule has 0 atom stereocenters. The van der Waals surface area contributed by atoms with Gasteiger partial charge in [-0.05, 0) is 11.9 Å². The molecule has 6 heteroatoms. The number of H-pyrrole nitrogens is 1. The SMILES string of the molecule is NCSn1cn[nH]c1=O. The summed E-state index contributed by atoms with van der Waals surface area (Å²) in [7, 11) is 0. The first-order chi connectivity index (χ1) is 4.34. The fourth-order valence-corrected chi connectivity index (χ4v) is 0.843. The Labute approximate surface area is 55.4 Å². The topological polar surface area (TPSA) is 76.7 Å². The van der Waals surface area contributed by atoms with Gasteiger partial charge in [-0.15, -0.1) is 0 Å². The van der Waals surface area contributed by atoms with E-state index in [9.17, 15) is 4.79 Å². The van der Waals surface area contributed by atoms with E-state index in [0.717, 1.165) is 0 Å². The molecule has 50 valence electrons. The van der Waals surface area contributed by atoms with Crippen LogP contribution < -0.4 is 11.4 Å². The van der Waals surface area contributed by atoms with Crippen molar-refractivity contribution in [3.05, 3.63) is 16.8 Å². The van der Waals surface area contributed by atoms with Gasteiger partial charge in [0.05, 0.1) is 5.88 Å². The second kappa shape index (κ2) is 2.70. The van der Waals surface area contributed by atoms with Gasteiger partial charge in [-0.3, -0.25) is 0 Å². The van der Waals surface area contributed by atoms with E-state index in [2.05, 4.69) is 10.2 Å². The number of hydrogen-bond acceptors (Lipinski definition) is 4. The van der Waals surface area contributed by atoms with E-state index < -0.39 is 0 Å². The summed E-state index contributed by atoms with van der Waals surface area (Å²) in [6.45, 7) is 0. The number of nitrogens with one attached hydrogen (secondary N) is 1. The van der Waals surface area contributed by atoms with Crippen molar-refractivity contribution in [1.29, 1.82) is 0 Å². The van der Waals surface area contributed by atoms with E-state index in [1.165, 1.54) is 22.2 Å². The van der Waals surface area contributed by atoms with E-state index in [-0.39, 0.29) is 5.69 Å². The van der Waals surface area contributed by atoms with Gasteiger partial charge in [0.15, 0.2) is 0 Å². The summed E-state index contributed by atoms with van der Waals surface area (Å²) in [6, 6.07) is 0. The number of rotatable bonds is 2. The molecule has 0 unspecified atom stereocenters. The molecule has 0 fully saturated rings. The molecule has 0 aliphatic heterocycles. The summed E-state index contributed by atoms with van der Waals surface area (Å²) >= 11 is 1.20. The molecule has 0 amide bonds. The minimum absolute atomic E-state index is 0.245. The predicted molar refractivity (Wildman–Crippen MR) is 34.9 cm³/mol. The van der Waals surface area contributed by atoms with Gasteiger partial charge in [0.1, 0.15) is 6.33 Å². The van der Waals surface area contributed by atoms with Crippen LogP contribution in [0, 0.1) is 0 Å². The molecule has 0 radical (unpaired) electrons. The van der Waals surface area contributed by atoms with Crippen LogP contribution in [-0.2, 0) is 0 Å². The second-order valence-electron chi connectivity index (χ2n) is 1.28. The summed E-state index contributed by atoms with van der Waals surface area (Å²) < 4.78 is 1.33. The average molecular weight is 146 g/mol. The van der Waals surface area contributed by atoms with Crippen LogP contribution in [0.25, 0.3) is 0 Å². The van der Waals surface area contributed by atoms with Crippen molar-refractivity contribution in [3.8, 4) is 0 Å². The van der Waals surface area contributed by atoms with Gasteiger partial charge in [-0.2, -0.15) is 5.10 Å². The molecule has 1 aromatic rings. The molecule has 1 aromatic heterocycles. The zero-order valence-electron chi connectivity index (χ0n) is 4.57. The monoisotopic (exact) mass is 146 g/mol. The summed E-state index contributed by atoms with van der Waals surface area (Å²) in [4.78, 5) is 10.6. The molecule has 0 saturated heterocycles. The van der Waals surface area contributed by atoms with Crippen molar-refractivity contribution in [3.63, 3.8) is 0 Å². The van der Waals surface area contributed by atoms with Crippen LogP contribution >= 0.6 is 11.9 Å². The first-order valence-corrected chi connectivity index (χ1v) is 3.24. The van der Waals surface area contributed by atoms with E-state index in [1.54, 1.807) is 0 Å². The molecule has 0 bridgehead atoms. The van der Waals surface area contributed by atoms with Crippen LogP contribution in [0.5, 0.6) is 0 Å². The third-order valence-electron chi connectivity index (χ3n) is 0.737. The minimum Gasteiger partial charge on any atom is -0.320 e. The van der Waals surface area contributed by atoms with Crippen molar-refractivity contribution in [2.75, 3.05) is 5.88 Å². The van der Waals surface area contributed by atoms with E-state index in [0.29, 0.717) is 5.88 Å². The fraction of sp³-hybridized carbons (Fsp3) is 0.333. The summed E-state index contributed by atoms with van der Waals surface area (Å²) in [5.41, 5.74) is 4.91. The van der Waals surface area contributed by atoms with Crippen molar-refractivity contribution in [1.82, 2.24) is 14.2 Å². The minimum atomic E-state index is -0.245. The molecule has 0 aliphatic rings. The lowest BCUT2D eigenvalue weighted by molar-refractivity contribution is 1.04. The smallest absolute Gasteiger partial charge is 0.320 e. The predicted octanol–water partition coefficient (Wildman–Crippen LogP) is -1.02. The molecule has 0 saturated carbocycles. The maximum absolute atomic E-state index is 10.6. The van der Waals surface area contributed by atoms with Gasteiger partial charge < -0.3 is 5.73 Å². The van der Waals surface area contributed by atoms with Crippen LogP contribution in [0.4, 0.5) is 0 Å². The fourth-order valence-electron chi connectivity index (χ4n) is 0.411. The Balaban J connectivity index is 2.81. The lowest BCUT2D eigenvalue weighted by Crippen LogP contribution is -2.12. The highest BCUT2D eigenvalue weighted by Gasteiger charge is 1.92. The van der Waals surface area contributed by atoms with Gasteiger partial charge in [-0.1, -0.05) is 0 Å². The summed E-state index contributed by atoms with van der Waals surface area (Å²) in [5.74, 6) is 0.374. The molecule has 1 heterocycles. The highest BCUT2D eigenvalue weighted by molar-refractivity contribution is 7.97. The van der Waals surface area contributed by atoms with Crippen molar-refractivity contribution < 1.29 is 0 Å². The number of aromatic nitrogens is 3. The Hall–Kier alpha value is -0.750. The van der Waals surface area contributed by atoms with Gasteiger partial charge in [0.25, 0.3) is 0 Å². The van der Waals surface area contributed by atoms with Crippen molar-refractivity contribution in [2.45, 2.75) is 0 Å². The number of nitrogens with two attached hydrogens (primary N) is 1. The maximum Gasteiger partial charge on any atom is 0.353 e.